The van der Waals surface area contributed by atoms with Crippen LogP contribution in [0.5, 0.6) is 0 Å². The number of hydrogen-bond donors (Lipinski definition) is 0. The van der Waals surface area contributed by atoms with Crippen molar-refractivity contribution in [2.45, 2.75) is 90.3 Å². The lowest BCUT2D eigenvalue weighted by atomic mass is 10.2. The largest absolute Gasteiger partial charge is 0.414 e. The molecule has 0 aromatic heterocycles. The summed E-state index contributed by atoms with van der Waals surface area (Å²) < 4.78 is 20.4. The summed E-state index contributed by atoms with van der Waals surface area (Å²) >= 11 is 0. The lowest BCUT2D eigenvalue weighted by Gasteiger charge is -2.46. The maximum atomic E-state index is 7.53. The zero-order valence-electron chi connectivity index (χ0n) is 25.5. The van der Waals surface area contributed by atoms with Crippen molar-refractivity contribution in [2.75, 3.05) is 13.2 Å². The Balaban J connectivity index is 1.89. The molecule has 0 aliphatic rings. The molecule has 3 rings (SSSR count). The topological polar surface area (TPSA) is 27.7 Å². The van der Waals surface area contributed by atoms with E-state index < -0.39 is 16.6 Å². The first-order valence-corrected chi connectivity index (χ1v) is 19.2. The van der Waals surface area contributed by atoms with Gasteiger partial charge in [0.2, 0.25) is 0 Å². The molecule has 0 saturated heterocycles. The van der Waals surface area contributed by atoms with Crippen LogP contribution >= 0.6 is 0 Å². The molecule has 0 amide bonds. The summed E-state index contributed by atoms with van der Waals surface area (Å²) in [4.78, 5) is 0. The zero-order chi connectivity index (χ0) is 28.6. The van der Waals surface area contributed by atoms with E-state index in [2.05, 4.69) is 140 Å². The van der Waals surface area contributed by atoms with Crippen LogP contribution < -0.4 is 10.4 Å². The van der Waals surface area contributed by atoms with Crippen molar-refractivity contribution >= 4 is 27.0 Å². The van der Waals surface area contributed by atoms with Crippen molar-refractivity contribution in [3.63, 3.8) is 0 Å². The van der Waals surface area contributed by atoms with Gasteiger partial charge in [-0.1, -0.05) is 133 Å². The van der Waals surface area contributed by atoms with Crippen molar-refractivity contribution < 1.29 is 13.6 Å². The molecule has 1 atom stereocenters. The Kier molecular flexibility index (Phi) is 10.9. The molecule has 0 radical (unpaired) electrons. The fourth-order valence-electron chi connectivity index (χ4n) is 4.81. The Bertz CT molecular complexity index is 1060. The third kappa shape index (κ3) is 8.24. The number of ether oxygens (including phenoxy) is 1. The Morgan fingerprint density at radius 2 is 1.15 bits per heavy atom. The van der Waals surface area contributed by atoms with Gasteiger partial charge in [0.05, 0.1) is 19.3 Å². The van der Waals surface area contributed by atoms with E-state index in [0.717, 1.165) is 12.8 Å². The number of hydrogen-bond acceptors (Lipinski definition) is 3. The van der Waals surface area contributed by atoms with Gasteiger partial charge in [0.15, 0.2) is 8.32 Å². The molecule has 0 aliphatic carbocycles. The standard InChI is InChI=1S/C34H50O3Si2/c1-33(2,3)38(7,8)36-28-30(21-18-26-35-27-29-19-12-9-13-20-29)37-39(34(4,5)6,31-22-14-10-15-23-31)32-24-16-11-17-25-32/h9-17,19-20,22-25,30H,18,21,26-28H2,1-8H3. The zero-order valence-corrected chi connectivity index (χ0v) is 27.5. The summed E-state index contributed by atoms with van der Waals surface area (Å²) in [5.74, 6) is 0. The summed E-state index contributed by atoms with van der Waals surface area (Å²) in [5.41, 5.74) is 1.21. The Morgan fingerprint density at radius 3 is 1.62 bits per heavy atom. The first-order chi connectivity index (χ1) is 18.4. The van der Waals surface area contributed by atoms with E-state index in [4.69, 9.17) is 13.6 Å². The second kappa shape index (κ2) is 13.6. The molecule has 5 heteroatoms. The molecule has 0 saturated carbocycles. The van der Waals surface area contributed by atoms with Crippen LogP contribution in [0, 0.1) is 0 Å². The molecule has 0 N–H and O–H groups in total. The molecule has 0 aliphatic heterocycles. The third-order valence-corrected chi connectivity index (χ3v) is 17.7. The summed E-state index contributed by atoms with van der Waals surface area (Å²) in [7, 11) is -4.62. The second-order valence-corrected chi connectivity index (χ2v) is 22.2. The van der Waals surface area contributed by atoms with E-state index in [1.165, 1.54) is 15.9 Å². The predicted octanol–water partition coefficient (Wildman–Crippen LogP) is 7.95. The minimum absolute atomic E-state index is 0.0224. The lowest BCUT2D eigenvalue weighted by molar-refractivity contribution is 0.0776. The van der Waals surface area contributed by atoms with Crippen molar-refractivity contribution in [1.29, 1.82) is 0 Å². The van der Waals surface area contributed by atoms with Gasteiger partial charge in [-0.05, 0) is 51.9 Å². The molecule has 0 heterocycles. The van der Waals surface area contributed by atoms with Gasteiger partial charge in [-0.2, -0.15) is 0 Å². The molecule has 0 spiro atoms. The maximum Gasteiger partial charge on any atom is 0.261 e. The molecule has 0 fully saturated rings. The van der Waals surface area contributed by atoms with Gasteiger partial charge in [0.1, 0.15) is 0 Å². The SMILES string of the molecule is CC(C)(C)[Si](C)(C)OCC(CCCOCc1ccccc1)O[Si](c1ccccc1)(c1ccccc1)C(C)(C)C. The molecule has 1 unspecified atom stereocenters. The van der Waals surface area contributed by atoms with Crippen molar-refractivity contribution in [3.8, 4) is 0 Å². The van der Waals surface area contributed by atoms with Gasteiger partial charge in [-0.25, -0.2) is 0 Å². The molecule has 3 aromatic rings. The Labute approximate surface area is 240 Å². The molecule has 0 bridgehead atoms. The molecular formula is C34H50O3Si2. The van der Waals surface area contributed by atoms with E-state index >= 15 is 0 Å². The van der Waals surface area contributed by atoms with E-state index in [1.54, 1.807) is 0 Å². The minimum Gasteiger partial charge on any atom is -0.414 e. The van der Waals surface area contributed by atoms with Crippen LogP contribution in [0.3, 0.4) is 0 Å². The van der Waals surface area contributed by atoms with Gasteiger partial charge in [-0.3, -0.25) is 0 Å². The highest BCUT2D eigenvalue weighted by Crippen LogP contribution is 2.39. The summed E-state index contributed by atoms with van der Waals surface area (Å²) in [6.07, 6.45) is 1.80. The predicted molar refractivity (Wildman–Crippen MR) is 171 cm³/mol. The third-order valence-electron chi connectivity index (χ3n) is 8.12. The average molecular weight is 563 g/mol. The molecule has 3 nitrogen and oxygen atoms in total. The fourth-order valence-corrected chi connectivity index (χ4v) is 10.5. The normalized spacial score (nSPS) is 13.8. The van der Waals surface area contributed by atoms with Crippen LogP contribution in [0.25, 0.3) is 0 Å². The fraction of sp³-hybridized carbons (Fsp3) is 0.471. The van der Waals surface area contributed by atoms with Crippen LogP contribution in [0.2, 0.25) is 23.2 Å². The molecule has 39 heavy (non-hydrogen) atoms. The average Bonchev–Trinajstić information content (AvgIpc) is 2.90. The smallest absolute Gasteiger partial charge is 0.261 e. The van der Waals surface area contributed by atoms with E-state index in [-0.39, 0.29) is 16.2 Å². The van der Waals surface area contributed by atoms with Crippen molar-refractivity contribution in [2.24, 2.45) is 0 Å². The first-order valence-electron chi connectivity index (χ1n) is 14.4. The number of benzene rings is 3. The minimum atomic E-state index is -2.68. The van der Waals surface area contributed by atoms with E-state index in [1.807, 2.05) is 6.07 Å². The van der Waals surface area contributed by atoms with E-state index in [9.17, 15) is 0 Å². The highest BCUT2D eigenvalue weighted by molar-refractivity contribution is 6.99. The van der Waals surface area contributed by atoms with Crippen molar-refractivity contribution in [3.05, 3.63) is 96.6 Å². The molecular weight excluding hydrogens is 513 g/mol. The van der Waals surface area contributed by atoms with Gasteiger partial charge in [-0.15, -0.1) is 0 Å². The summed E-state index contributed by atoms with van der Waals surface area (Å²) in [6, 6.07) is 32.2. The van der Waals surface area contributed by atoms with Gasteiger partial charge in [0, 0.05) is 6.61 Å². The van der Waals surface area contributed by atoms with Crippen LogP contribution in [0.1, 0.15) is 59.9 Å². The number of rotatable bonds is 13. The Morgan fingerprint density at radius 1 is 0.667 bits per heavy atom. The highest BCUT2D eigenvalue weighted by Gasteiger charge is 2.51. The van der Waals surface area contributed by atoms with Crippen LogP contribution in [0.15, 0.2) is 91.0 Å². The first kappa shape index (κ1) is 31.5. The summed E-state index contributed by atoms with van der Waals surface area (Å²) in [6.45, 7) is 20.5. The van der Waals surface area contributed by atoms with E-state index in [0.29, 0.717) is 19.8 Å². The highest BCUT2D eigenvalue weighted by atomic mass is 28.4. The molecule has 3 aromatic carbocycles. The van der Waals surface area contributed by atoms with Gasteiger partial charge in [0.25, 0.3) is 8.32 Å². The van der Waals surface area contributed by atoms with Gasteiger partial charge < -0.3 is 13.6 Å². The Hall–Kier alpha value is -2.03. The van der Waals surface area contributed by atoms with Crippen LogP contribution in [-0.4, -0.2) is 36.0 Å². The maximum absolute atomic E-state index is 7.53. The van der Waals surface area contributed by atoms with Crippen LogP contribution in [-0.2, 0) is 20.2 Å². The lowest BCUT2D eigenvalue weighted by Crippen LogP contribution is -2.68. The van der Waals surface area contributed by atoms with Crippen molar-refractivity contribution in [1.82, 2.24) is 0 Å². The van der Waals surface area contributed by atoms with Gasteiger partial charge >= 0.3 is 0 Å². The van der Waals surface area contributed by atoms with Crippen LogP contribution in [0.4, 0.5) is 0 Å². The summed E-state index contributed by atoms with van der Waals surface area (Å²) in [5, 5.41) is 2.69. The molecule has 212 valence electrons. The second-order valence-electron chi connectivity index (χ2n) is 13.2. The quantitative estimate of drug-likeness (QED) is 0.156. The monoisotopic (exact) mass is 562 g/mol.